The molecule has 1 saturated heterocycles. The number of hydrogen-bond donors (Lipinski definition) is 3. The van der Waals surface area contributed by atoms with Gasteiger partial charge in [0.25, 0.3) is 0 Å². The third kappa shape index (κ3) is 2.06. The maximum absolute atomic E-state index is 9.80. The maximum Gasteiger partial charge on any atom is 0.175 e. The van der Waals surface area contributed by atoms with Crippen LogP contribution in [0, 0.1) is 3.83 Å². The van der Waals surface area contributed by atoms with E-state index in [1.54, 1.807) is 4.57 Å². The van der Waals surface area contributed by atoms with Gasteiger partial charge in [-0.3, -0.25) is 4.57 Å². The van der Waals surface area contributed by atoms with E-state index in [0.717, 1.165) is 0 Å². The van der Waals surface area contributed by atoms with Crippen LogP contribution in [0.15, 0.2) is 6.33 Å². The number of nitrogens with two attached hydrogens (primary N) is 1. The highest BCUT2D eigenvalue weighted by Gasteiger charge is 2.36. The van der Waals surface area contributed by atoms with Gasteiger partial charge in [0.2, 0.25) is 0 Å². The summed E-state index contributed by atoms with van der Waals surface area (Å²) >= 11 is 2.05. The van der Waals surface area contributed by atoms with Gasteiger partial charge in [-0.05, 0) is 0 Å². The molecule has 0 radical (unpaired) electrons. The summed E-state index contributed by atoms with van der Waals surface area (Å²) in [5.74, 6) is 0.305. The van der Waals surface area contributed by atoms with Crippen molar-refractivity contribution in [3.63, 3.8) is 0 Å². The van der Waals surface area contributed by atoms with Crippen LogP contribution < -0.4 is 5.73 Å². The van der Waals surface area contributed by atoms with Crippen LogP contribution in [0.5, 0.6) is 0 Å². The van der Waals surface area contributed by atoms with Gasteiger partial charge in [0, 0.05) is 29.0 Å². The highest BCUT2D eigenvalue weighted by molar-refractivity contribution is 14.1. The van der Waals surface area contributed by atoms with E-state index >= 15 is 0 Å². The van der Waals surface area contributed by atoms with Gasteiger partial charge in [0.15, 0.2) is 20.8 Å². The van der Waals surface area contributed by atoms with E-state index in [1.807, 2.05) is 0 Å². The number of fused-ring (bicyclic) bond motifs is 1. The molecule has 3 atom stereocenters. The van der Waals surface area contributed by atoms with Crippen molar-refractivity contribution in [3.8, 4) is 0 Å². The second-order valence-electron chi connectivity index (χ2n) is 4.30. The number of imidazole rings is 1. The van der Waals surface area contributed by atoms with Crippen molar-refractivity contribution in [2.75, 3.05) is 12.3 Å². The second-order valence-corrected chi connectivity index (χ2v) is 5.26. The number of anilines is 1. The molecule has 9 heteroatoms. The standard InChI is InChI=1S/C10H12IN5O3/c11-10-15-7-8(12)13-3-14-9(7)16(10)6-1-4(18)5(2-17)19-6/h3-6,17-18H,1-2H2,(H2,12,13,14)/t4-,5+,6+/m0/s1/i11-2. The predicted molar refractivity (Wildman–Crippen MR) is 74.1 cm³/mol. The number of ether oxygens (including phenoxy) is 1. The Morgan fingerprint density at radius 2 is 2.32 bits per heavy atom. The van der Waals surface area contributed by atoms with Crippen molar-refractivity contribution in [3.05, 3.63) is 10.2 Å². The first-order chi connectivity index (χ1) is 9.11. The van der Waals surface area contributed by atoms with Crippen molar-refractivity contribution in [2.45, 2.75) is 24.9 Å². The summed E-state index contributed by atoms with van der Waals surface area (Å²) in [4.78, 5) is 12.4. The maximum atomic E-state index is 9.80. The number of nitrogen functional groups attached to an aromatic ring is 1. The first-order valence-electron chi connectivity index (χ1n) is 5.70. The van der Waals surface area contributed by atoms with Gasteiger partial charge >= 0.3 is 0 Å². The zero-order chi connectivity index (χ0) is 13.6. The Balaban J connectivity index is 2.06. The number of aliphatic hydroxyl groups is 2. The lowest BCUT2D eigenvalue weighted by Gasteiger charge is -2.14. The van der Waals surface area contributed by atoms with Gasteiger partial charge in [-0.15, -0.1) is 0 Å². The molecule has 1 aliphatic rings. The number of hydrogen-bond acceptors (Lipinski definition) is 7. The molecular formula is C10H12IN5O3. The Kier molecular flexibility index (Phi) is 3.28. The van der Waals surface area contributed by atoms with Crippen LogP contribution in [-0.4, -0.2) is 48.5 Å². The molecule has 1 aliphatic heterocycles. The second kappa shape index (κ2) is 4.81. The first-order valence-corrected chi connectivity index (χ1v) is 6.78. The van der Waals surface area contributed by atoms with Crippen molar-refractivity contribution >= 4 is 39.6 Å². The molecule has 0 amide bonds. The molecule has 0 spiro atoms. The van der Waals surface area contributed by atoms with E-state index in [2.05, 4.69) is 37.5 Å². The number of nitrogens with zero attached hydrogens (tertiary/aromatic N) is 4. The topological polar surface area (TPSA) is 119 Å². The molecule has 3 rings (SSSR count). The van der Waals surface area contributed by atoms with Crippen LogP contribution in [0.4, 0.5) is 5.82 Å². The first kappa shape index (κ1) is 13.0. The summed E-state index contributed by atoms with van der Waals surface area (Å²) in [7, 11) is 0. The van der Waals surface area contributed by atoms with Crippen LogP contribution in [0.3, 0.4) is 0 Å². The van der Waals surface area contributed by atoms with Gasteiger partial charge in [-0.1, -0.05) is 0 Å². The molecule has 4 N–H and O–H groups in total. The lowest BCUT2D eigenvalue weighted by atomic mass is 10.2. The number of aromatic nitrogens is 4. The minimum Gasteiger partial charge on any atom is -0.394 e. The Bertz CT molecular complexity index is 618. The van der Waals surface area contributed by atoms with E-state index in [9.17, 15) is 5.11 Å². The third-order valence-electron chi connectivity index (χ3n) is 3.13. The molecule has 102 valence electrons. The Labute approximate surface area is 121 Å². The summed E-state index contributed by atoms with van der Waals surface area (Å²) in [6.45, 7) is -0.224. The smallest absolute Gasteiger partial charge is 0.175 e. The molecule has 0 aliphatic carbocycles. The summed E-state index contributed by atoms with van der Waals surface area (Å²) < 4.78 is 8.02. The highest BCUT2D eigenvalue weighted by atomic mass is 125. The largest absolute Gasteiger partial charge is 0.394 e. The molecule has 1 fully saturated rings. The average Bonchev–Trinajstić information content (AvgIpc) is 2.90. The molecule has 0 saturated carbocycles. The zero-order valence-corrected chi connectivity index (χ0v) is 11.9. The van der Waals surface area contributed by atoms with Crippen molar-refractivity contribution in [2.24, 2.45) is 0 Å². The summed E-state index contributed by atoms with van der Waals surface area (Å²) in [6, 6.07) is 0. The van der Waals surface area contributed by atoms with Crippen LogP contribution in [0.2, 0.25) is 0 Å². The molecule has 19 heavy (non-hydrogen) atoms. The van der Waals surface area contributed by atoms with Crippen LogP contribution >= 0.6 is 22.6 Å². The lowest BCUT2D eigenvalue weighted by Crippen LogP contribution is -2.24. The van der Waals surface area contributed by atoms with Crippen molar-refractivity contribution < 1.29 is 14.9 Å². The molecule has 0 bridgehead atoms. The minimum atomic E-state index is -0.706. The number of aliphatic hydroxyl groups excluding tert-OH is 2. The average molecular weight is 375 g/mol. The molecule has 0 unspecified atom stereocenters. The van der Waals surface area contributed by atoms with Gasteiger partial charge in [-0.25, -0.2) is 15.0 Å². The molecule has 2 aromatic heterocycles. The zero-order valence-electron chi connectivity index (χ0n) is 9.77. The summed E-state index contributed by atoms with van der Waals surface area (Å²) in [5.41, 5.74) is 6.83. The highest BCUT2D eigenvalue weighted by Crippen LogP contribution is 2.33. The summed E-state index contributed by atoms with van der Waals surface area (Å²) in [5, 5.41) is 18.9. The Hall–Kier alpha value is -1.04. The van der Waals surface area contributed by atoms with Crippen molar-refractivity contribution in [1.29, 1.82) is 0 Å². The lowest BCUT2D eigenvalue weighted by molar-refractivity contribution is -0.0440. The van der Waals surface area contributed by atoms with E-state index in [1.165, 1.54) is 6.33 Å². The van der Waals surface area contributed by atoms with Crippen molar-refractivity contribution in [1.82, 2.24) is 19.5 Å². The molecule has 8 nitrogen and oxygen atoms in total. The van der Waals surface area contributed by atoms with Gasteiger partial charge in [0.1, 0.15) is 18.7 Å². The minimum absolute atomic E-state index is 0.224. The fraction of sp³-hybridized carbons (Fsp3) is 0.500. The fourth-order valence-corrected chi connectivity index (χ4v) is 2.97. The third-order valence-corrected chi connectivity index (χ3v) is 3.90. The van der Waals surface area contributed by atoms with Gasteiger partial charge < -0.3 is 20.7 Å². The Morgan fingerprint density at radius 3 is 3.00 bits per heavy atom. The normalized spacial score (nSPS) is 27.2. The predicted octanol–water partition coefficient (Wildman–Crippen LogP) is -0.346. The molecule has 0 aromatic carbocycles. The fourth-order valence-electron chi connectivity index (χ4n) is 2.19. The quantitative estimate of drug-likeness (QED) is 0.485. The van der Waals surface area contributed by atoms with Crippen LogP contribution in [-0.2, 0) is 4.74 Å². The van der Waals surface area contributed by atoms with Crippen LogP contribution in [0.25, 0.3) is 11.2 Å². The number of halogens is 1. The van der Waals surface area contributed by atoms with E-state index < -0.39 is 18.4 Å². The van der Waals surface area contributed by atoms with E-state index in [4.69, 9.17) is 15.6 Å². The molecule has 3 heterocycles. The number of rotatable bonds is 2. The van der Waals surface area contributed by atoms with E-state index in [-0.39, 0.29) is 6.61 Å². The summed E-state index contributed by atoms with van der Waals surface area (Å²) in [6.07, 6.45) is 0.0236. The Morgan fingerprint density at radius 1 is 1.53 bits per heavy atom. The van der Waals surface area contributed by atoms with E-state index in [0.29, 0.717) is 27.2 Å². The molecule has 2 aromatic rings. The molecular weight excluding hydrogens is 363 g/mol. The van der Waals surface area contributed by atoms with Crippen LogP contribution in [0.1, 0.15) is 12.6 Å². The van der Waals surface area contributed by atoms with Gasteiger partial charge in [0.05, 0.1) is 12.7 Å². The SMILES string of the molecule is Nc1ncnc2c1nc([125I])n2[C@H]1C[C@H](O)[C@@H](CO)O1. The van der Waals surface area contributed by atoms with Gasteiger partial charge in [-0.2, -0.15) is 0 Å². The monoisotopic (exact) mass is 375 g/mol.